The summed E-state index contributed by atoms with van der Waals surface area (Å²) in [4.78, 5) is 50.3. The molecule has 4 aliphatic heterocycles. The van der Waals surface area contributed by atoms with Crippen LogP contribution in [-0.2, 0) is 19.2 Å². The maximum absolute atomic E-state index is 13.0. The average molecular weight is 520 g/mol. The number of aliphatic carboxylic acids is 1. The molecule has 0 bridgehead atoms. The van der Waals surface area contributed by atoms with Crippen molar-refractivity contribution in [2.75, 3.05) is 44.8 Å². The topological polar surface area (TPSA) is 156 Å². The zero-order valence-electron chi connectivity index (χ0n) is 19.1. The number of carbonyl (C=O) groups is 3. The molecule has 0 unspecified atom stereocenters. The minimum absolute atomic E-state index is 0.0852. The van der Waals surface area contributed by atoms with Crippen molar-refractivity contribution in [2.45, 2.75) is 30.7 Å². The van der Waals surface area contributed by atoms with Gasteiger partial charge in [-0.1, -0.05) is 5.16 Å². The number of oxime groups is 1. The van der Waals surface area contributed by atoms with Crippen LogP contribution in [0.4, 0.5) is 5.13 Å². The second-order valence-corrected chi connectivity index (χ2v) is 10.6. The normalized spacial score (nSPS) is 24.3. The third-order valence-corrected chi connectivity index (χ3v) is 8.50. The summed E-state index contributed by atoms with van der Waals surface area (Å²) in [5.74, 6) is -0.869. The van der Waals surface area contributed by atoms with Crippen LogP contribution in [0.3, 0.4) is 0 Å². The molecule has 1 fully saturated rings. The van der Waals surface area contributed by atoms with Crippen LogP contribution in [-0.4, -0.2) is 99.1 Å². The van der Waals surface area contributed by atoms with Crippen molar-refractivity contribution in [3.8, 4) is 0 Å². The number of nitrogens with two attached hydrogens (primary N) is 1. The molecule has 1 aromatic rings. The third kappa shape index (κ3) is 4.24. The average Bonchev–Trinajstić information content (AvgIpc) is 3.49. The van der Waals surface area contributed by atoms with E-state index in [2.05, 4.69) is 24.9 Å². The number of aromatic nitrogens is 1. The molecule has 2 atom stereocenters. The Morgan fingerprint density at radius 1 is 1.40 bits per heavy atom. The number of carboxylic acid groups (broad SMARTS) is 1. The lowest BCUT2D eigenvalue weighted by molar-refractivity contribution is -0.529. The van der Waals surface area contributed by atoms with Crippen LogP contribution >= 0.6 is 23.1 Å². The van der Waals surface area contributed by atoms with Crippen LogP contribution in [0.25, 0.3) is 0 Å². The van der Waals surface area contributed by atoms with E-state index in [4.69, 9.17) is 10.6 Å². The molecule has 1 aromatic heterocycles. The largest absolute Gasteiger partial charge is 0.543 e. The number of nitrogen functional groups attached to an aromatic ring is 1. The van der Waals surface area contributed by atoms with Gasteiger partial charge in [0, 0.05) is 23.1 Å². The van der Waals surface area contributed by atoms with E-state index in [0.717, 1.165) is 50.2 Å². The van der Waals surface area contributed by atoms with Crippen molar-refractivity contribution in [3.05, 3.63) is 22.3 Å². The molecule has 5 rings (SSSR count). The molecule has 0 saturated carbocycles. The first kappa shape index (κ1) is 23.6. The van der Waals surface area contributed by atoms with Crippen LogP contribution in [0.2, 0.25) is 0 Å². The summed E-state index contributed by atoms with van der Waals surface area (Å²) in [6, 6.07) is -0.906. The molecule has 0 radical (unpaired) electrons. The number of thiazole rings is 1. The number of nitrogens with one attached hydrogen (secondary N) is 1. The molecule has 14 heteroatoms. The van der Waals surface area contributed by atoms with Gasteiger partial charge in [-0.15, -0.1) is 23.1 Å². The highest BCUT2D eigenvalue weighted by atomic mass is 32.2. The first-order chi connectivity index (χ1) is 16.9. The molecule has 0 aliphatic carbocycles. The SMILES string of the molecule is CO/N=C(\C(=O)N[C@@H]1C(=O)N2C(C(=O)[O-])=C(CN3CCC[N+]4=C3CCC4)CS[C@H]12)c1csc(N)n1. The number of anilines is 1. The molecule has 0 aromatic carbocycles. The summed E-state index contributed by atoms with van der Waals surface area (Å²) in [7, 11) is 1.29. The lowest BCUT2D eigenvalue weighted by Crippen LogP contribution is -2.71. The fourth-order valence-corrected chi connectivity index (χ4v) is 6.87. The summed E-state index contributed by atoms with van der Waals surface area (Å²) >= 11 is 2.56. The monoisotopic (exact) mass is 519 g/mol. The van der Waals surface area contributed by atoms with E-state index >= 15 is 0 Å². The Balaban J connectivity index is 1.33. The Kier molecular flexibility index (Phi) is 6.40. The minimum atomic E-state index is -1.38. The van der Waals surface area contributed by atoms with Gasteiger partial charge in [-0.3, -0.25) is 24.0 Å². The van der Waals surface area contributed by atoms with Gasteiger partial charge in [0.25, 0.3) is 11.8 Å². The van der Waals surface area contributed by atoms with Crippen LogP contribution in [0.5, 0.6) is 0 Å². The number of hydrogen-bond acceptors (Lipinski definition) is 11. The summed E-state index contributed by atoms with van der Waals surface area (Å²) in [6.07, 6.45) is 3.10. The number of β-lactam (4-membered cyclic amide) rings is 1. The third-order valence-electron chi connectivity index (χ3n) is 6.49. The van der Waals surface area contributed by atoms with Gasteiger partial charge in [0.2, 0.25) is 5.84 Å². The van der Waals surface area contributed by atoms with Crippen molar-refractivity contribution in [1.29, 1.82) is 0 Å². The van der Waals surface area contributed by atoms with Crippen LogP contribution < -0.4 is 16.2 Å². The Bertz CT molecular complexity index is 1180. The van der Waals surface area contributed by atoms with Gasteiger partial charge >= 0.3 is 0 Å². The minimum Gasteiger partial charge on any atom is -0.543 e. The molecule has 5 heterocycles. The van der Waals surface area contributed by atoms with Crippen molar-refractivity contribution >= 4 is 57.6 Å². The molecule has 1 saturated heterocycles. The van der Waals surface area contributed by atoms with E-state index in [9.17, 15) is 19.5 Å². The predicted octanol–water partition coefficient (Wildman–Crippen LogP) is -1.61. The quantitative estimate of drug-likeness (QED) is 0.187. The maximum Gasteiger partial charge on any atom is 0.276 e. The highest BCUT2D eigenvalue weighted by molar-refractivity contribution is 8.00. The summed E-state index contributed by atoms with van der Waals surface area (Å²) < 4.78 is 2.36. The molecule has 0 spiro atoms. The highest BCUT2D eigenvalue weighted by Gasteiger charge is 2.53. The van der Waals surface area contributed by atoms with Gasteiger partial charge < -0.3 is 25.8 Å². The molecule has 186 valence electrons. The van der Waals surface area contributed by atoms with E-state index in [-0.39, 0.29) is 22.2 Å². The van der Waals surface area contributed by atoms with Gasteiger partial charge in [-0.25, -0.2) is 4.98 Å². The smallest absolute Gasteiger partial charge is 0.276 e. The lowest BCUT2D eigenvalue weighted by Gasteiger charge is -2.50. The molecule has 12 nitrogen and oxygen atoms in total. The first-order valence-electron chi connectivity index (χ1n) is 11.3. The van der Waals surface area contributed by atoms with Crippen LogP contribution in [0.15, 0.2) is 21.8 Å². The summed E-state index contributed by atoms with van der Waals surface area (Å²) in [6.45, 7) is 3.37. The van der Waals surface area contributed by atoms with E-state index < -0.39 is 29.2 Å². The Morgan fingerprint density at radius 3 is 2.91 bits per heavy atom. The van der Waals surface area contributed by atoms with Crippen LogP contribution in [0, 0.1) is 0 Å². The lowest BCUT2D eigenvalue weighted by atomic mass is 10.0. The van der Waals surface area contributed by atoms with Gasteiger partial charge in [0.1, 0.15) is 30.8 Å². The van der Waals surface area contributed by atoms with Crippen molar-refractivity contribution in [1.82, 2.24) is 20.1 Å². The Morgan fingerprint density at radius 2 is 2.20 bits per heavy atom. The van der Waals surface area contributed by atoms with Crippen LogP contribution in [0.1, 0.15) is 25.0 Å². The van der Waals surface area contributed by atoms with E-state index in [0.29, 0.717) is 17.9 Å². The fourth-order valence-electron chi connectivity index (χ4n) is 4.99. The zero-order chi connectivity index (χ0) is 24.7. The highest BCUT2D eigenvalue weighted by Crippen LogP contribution is 2.40. The number of amides is 2. The maximum atomic E-state index is 13.0. The number of carboxylic acids is 1. The predicted molar refractivity (Wildman–Crippen MR) is 128 cm³/mol. The number of thioether (sulfide) groups is 1. The number of fused-ring (bicyclic) bond motifs is 1. The van der Waals surface area contributed by atoms with Crippen molar-refractivity contribution < 1.29 is 28.9 Å². The molecule has 35 heavy (non-hydrogen) atoms. The fraction of sp³-hybridized carbons (Fsp3) is 0.524. The van der Waals surface area contributed by atoms with Gasteiger partial charge in [0.05, 0.1) is 37.7 Å². The second-order valence-electron chi connectivity index (χ2n) is 8.58. The van der Waals surface area contributed by atoms with E-state index in [1.165, 1.54) is 29.6 Å². The summed E-state index contributed by atoms with van der Waals surface area (Å²) in [5.41, 5.74) is 6.33. The molecule has 4 aliphatic rings. The standard InChI is InChI=1S/C21H25N7O5S2/c1-33-25-14(12-10-35-21(22)23-12)17(29)24-15-18(30)28-16(20(31)32)11(9-34-19(15)28)8-27-7-3-6-26-5-2-4-13(26)27/h10,15,19H,2-9H2,1H3,(H3-,22,23,24,29,31,32)/b25-14-/t15-,19-/m1/s1. The first-order valence-corrected chi connectivity index (χ1v) is 13.2. The molecule has 3 N–H and O–H groups in total. The van der Waals surface area contributed by atoms with E-state index in [1.54, 1.807) is 5.38 Å². The number of amidine groups is 1. The van der Waals surface area contributed by atoms with Crippen molar-refractivity contribution in [2.24, 2.45) is 5.16 Å². The van der Waals surface area contributed by atoms with Gasteiger partial charge in [0.15, 0.2) is 10.8 Å². The van der Waals surface area contributed by atoms with Gasteiger partial charge in [-0.2, -0.15) is 0 Å². The zero-order valence-corrected chi connectivity index (χ0v) is 20.7. The number of hydrogen-bond donors (Lipinski definition) is 2. The molecule has 2 amide bonds. The Hall–Kier alpha value is -3.13. The molecular formula is C21H25N7O5S2. The number of rotatable bonds is 7. The number of carbonyl (C=O) groups excluding carboxylic acids is 3. The Labute approximate surface area is 209 Å². The van der Waals surface area contributed by atoms with Crippen molar-refractivity contribution in [3.63, 3.8) is 0 Å². The molecular weight excluding hydrogens is 494 g/mol. The van der Waals surface area contributed by atoms with Gasteiger partial charge in [-0.05, 0) is 6.42 Å². The summed E-state index contributed by atoms with van der Waals surface area (Å²) in [5, 5.41) is 19.8. The second kappa shape index (κ2) is 9.49. The van der Waals surface area contributed by atoms with E-state index in [1.807, 2.05) is 0 Å². The number of nitrogens with zero attached hydrogens (tertiary/aromatic N) is 5.